The summed E-state index contributed by atoms with van der Waals surface area (Å²) in [5, 5.41) is 5.46. The van der Waals surface area contributed by atoms with E-state index < -0.39 is 53.4 Å². The molecular weight excluding hydrogens is 469 g/mol. The van der Waals surface area contributed by atoms with Crippen LogP contribution in [0.1, 0.15) is 18.9 Å². The number of oxime groups is 1. The number of carbonyl (C=O) groups excluding carboxylic acids is 3. The second-order valence-corrected chi connectivity index (χ2v) is 8.85. The van der Waals surface area contributed by atoms with Gasteiger partial charge in [-0.2, -0.15) is 18.2 Å². The number of hydrazine groups is 1. The topological polar surface area (TPSA) is 101 Å². The molecule has 2 bridgehead atoms. The Morgan fingerprint density at radius 3 is 2.55 bits per heavy atom. The molecule has 0 spiro atoms. The van der Waals surface area contributed by atoms with Crippen LogP contribution in [0.15, 0.2) is 17.4 Å². The third-order valence-corrected chi connectivity index (χ3v) is 7.19. The first-order valence-corrected chi connectivity index (χ1v) is 10.7. The van der Waals surface area contributed by atoms with Gasteiger partial charge in [0.2, 0.25) is 0 Å². The zero-order chi connectivity index (χ0) is 23.8. The Bertz CT molecular complexity index is 1100. The van der Waals surface area contributed by atoms with Crippen LogP contribution in [-0.4, -0.2) is 53.2 Å². The highest BCUT2D eigenvalue weighted by Gasteiger charge is 2.71. The van der Waals surface area contributed by atoms with Crippen molar-refractivity contribution in [1.29, 1.82) is 0 Å². The molecule has 2 saturated carbocycles. The number of rotatable bonds is 4. The van der Waals surface area contributed by atoms with Gasteiger partial charge in [-0.15, -0.1) is 0 Å². The van der Waals surface area contributed by atoms with E-state index in [2.05, 4.69) is 10.1 Å². The maximum Gasteiger partial charge on any atom is 0.417 e. The molecule has 1 aromatic rings. The lowest BCUT2D eigenvalue weighted by molar-refractivity contribution is -0.142. The predicted molar refractivity (Wildman–Crippen MR) is 106 cm³/mol. The number of carbonyl (C=O) groups is 3. The summed E-state index contributed by atoms with van der Waals surface area (Å²) in [5.74, 6) is -4.32. The first-order chi connectivity index (χ1) is 15.6. The van der Waals surface area contributed by atoms with Gasteiger partial charge in [-0.25, -0.2) is 9.78 Å². The second-order valence-electron chi connectivity index (χ2n) is 8.45. The number of fused-ring (bicyclic) bond motifs is 8. The van der Waals surface area contributed by atoms with Crippen molar-refractivity contribution in [2.75, 3.05) is 18.7 Å². The maximum atomic E-state index is 13.3. The quantitative estimate of drug-likeness (QED) is 0.475. The molecule has 13 heteroatoms. The Balaban J connectivity index is 1.42. The number of amides is 2. The van der Waals surface area contributed by atoms with Crippen molar-refractivity contribution < 1.29 is 37.1 Å². The van der Waals surface area contributed by atoms with Crippen LogP contribution in [0.2, 0.25) is 5.02 Å². The van der Waals surface area contributed by atoms with Crippen molar-refractivity contribution in [3.05, 3.63) is 22.8 Å². The van der Waals surface area contributed by atoms with Gasteiger partial charge < -0.3 is 9.57 Å². The summed E-state index contributed by atoms with van der Waals surface area (Å²) < 4.78 is 43.9. The van der Waals surface area contributed by atoms with Gasteiger partial charge >= 0.3 is 12.1 Å². The predicted octanol–water partition coefficient (Wildman–Crippen LogP) is 2.29. The van der Waals surface area contributed by atoms with E-state index in [1.54, 1.807) is 6.92 Å². The zero-order valence-electron chi connectivity index (χ0n) is 17.4. The Morgan fingerprint density at radius 1 is 1.27 bits per heavy atom. The van der Waals surface area contributed by atoms with Gasteiger partial charge in [0.25, 0.3) is 11.8 Å². The van der Waals surface area contributed by atoms with E-state index in [1.807, 2.05) is 0 Å². The number of anilines is 1. The zero-order valence-corrected chi connectivity index (χ0v) is 18.1. The van der Waals surface area contributed by atoms with Gasteiger partial charge in [-0.05, 0) is 25.3 Å². The first kappa shape index (κ1) is 21.9. The van der Waals surface area contributed by atoms with Crippen molar-refractivity contribution >= 4 is 40.9 Å². The van der Waals surface area contributed by atoms with Crippen LogP contribution >= 0.6 is 11.6 Å². The standard InChI is InChI=1S/C20H18ClF3N4O5/c1-3-32-19(31)14-13-8-5-9(15(13)33-26-14)12-11(8)17(29)28(18(12)30)27(2)16-10(21)4-7(6-25-16)20(22,23)24/h4,6,8-9,11-13,15H,3,5H2,1-2H3/t8-,9-,11-,12-,13+,15-/m1/s1. The molecule has 2 amide bonds. The SMILES string of the molecule is CCOC(=O)C1=NO[C@@H]2[C@@H]3C[C@@H]([C@@H]12)[C@H]1C(=O)N(N(C)c2ncc(C(F)(F)F)cc2Cl)C(=O)[C@H]31. The van der Waals surface area contributed by atoms with Crippen LogP contribution in [0, 0.1) is 29.6 Å². The molecular formula is C20H18ClF3N4O5. The number of esters is 1. The maximum absolute atomic E-state index is 13.3. The lowest BCUT2D eigenvalue weighted by Gasteiger charge is -2.29. The molecule has 3 heterocycles. The van der Waals surface area contributed by atoms with Crippen molar-refractivity contribution in [2.24, 2.45) is 34.7 Å². The Morgan fingerprint density at radius 2 is 1.94 bits per heavy atom. The summed E-state index contributed by atoms with van der Waals surface area (Å²) in [6.07, 6.45) is -4.03. The lowest BCUT2D eigenvalue weighted by atomic mass is 9.72. The lowest BCUT2D eigenvalue weighted by Crippen LogP contribution is -2.46. The molecule has 33 heavy (non-hydrogen) atoms. The van der Waals surface area contributed by atoms with Crippen molar-refractivity contribution in [3.63, 3.8) is 0 Å². The molecule has 176 valence electrons. The van der Waals surface area contributed by atoms with Crippen LogP contribution in [0.3, 0.4) is 0 Å². The second kappa shape index (κ2) is 7.31. The highest BCUT2D eigenvalue weighted by Crippen LogP contribution is 2.61. The molecule has 1 saturated heterocycles. The van der Waals surface area contributed by atoms with Gasteiger partial charge in [-0.3, -0.25) is 14.6 Å². The van der Waals surface area contributed by atoms with E-state index in [9.17, 15) is 27.6 Å². The summed E-state index contributed by atoms with van der Waals surface area (Å²) in [6, 6.07) is 0.691. The van der Waals surface area contributed by atoms with E-state index in [4.69, 9.17) is 21.2 Å². The normalized spacial score (nSPS) is 31.9. The number of hydrogen-bond donors (Lipinski definition) is 0. The smallest absolute Gasteiger partial charge is 0.417 e. The average molecular weight is 487 g/mol. The molecule has 5 rings (SSSR count). The Hall–Kier alpha value is -2.89. The number of halogens is 4. The Labute approximate surface area is 190 Å². The Kier molecular flexibility index (Phi) is 4.86. The number of ether oxygens (including phenoxy) is 1. The van der Waals surface area contributed by atoms with Crippen molar-refractivity contribution in [1.82, 2.24) is 9.99 Å². The van der Waals surface area contributed by atoms with Gasteiger partial charge in [0.1, 0.15) is 6.10 Å². The average Bonchev–Trinajstić information content (AvgIpc) is 3.47. The fourth-order valence-electron chi connectivity index (χ4n) is 5.70. The van der Waals surface area contributed by atoms with Crippen LogP contribution in [0.5, 0.6) is 0 Å². The number of alkyl halides is 3. The largest absolute Gasteiger partial charge is 0.461 e. The number of nitrogens with zero attached hydrogens (tertiary/aromatic N) is 4. The van der Waals surface area contributed by atoms with Gasteiger partial charge in [0.15, 0.2) is 11.5 Å². The van der Waals surface area contributed by atoms with E-state index in [-0.39, 0.29) is 35.0 Å². The molecule has 0 radical (unpaired) electrons. The highest BCUT2D eigenvalue weighted by molar-refractivity contribution is 6.38. The van der Waals surface area contributed by atoms with E-state index in [0.717, 1.165) is 10.0 Å². The van der Waals surface area contributed by atoms with Crippen LogP contribution in [0.4, 0.5) is 19.0 Å². The minimum absolute atomic E-state index is 0.118. The number of imide groups is 1. The third-order valence-electron chi connectivity index (χ3n) is 6.91. The highest BCUT2D eigenvalue weighted by atomic mass is 35.5. The van der Waals surface area contributed by atoms with Crippen molar-refractivity contribution in [2.45, 2.75) is 25.6 Å². The molecule has 4 aliphatic rings. The summed E-state index contributed by atoms with van der Waals surface area (Å²) in [6.45, 7) is 1.82. The minimum Gasteiger partial charge on any atom is -0.461 e. The molecule has 1 aromatic heterocycles. The van der Waals surface area contributed by atoms with Gasteiger partial charge in [0, 0.05) is 19.2 Å². The minimum atomic E-state index is -4.64. The number of hydrogen-bond acceptors (Lipinski definition) is 8. The molecule has 2 aliphatic carbocycles. The molecule has 0 unspecified atom stereocenters. The van der Waals surface area contributed by atoms with Crippen LogP contribution in [0.25, 0.3) is 0 Å². The molecule has 3 fully saturated rings. The molecule has 0 N–H and O–H groups in total. The van der Waals surface area contributed by atoms with E-state index >= 15 is 0 Å². The van der Waals surface area contributed by atoms with Crippen molar-refractivity contribution in [3.8, 4) is 0 Å². The fraction of sp³-hybridized carbons (Fsp3) is 0.550. The summed E-state index contributed by atoms with van der Waals surface area (Å²) in [7, 11) is 1.34. The molecule has 0 aromatic carbocycles. The fourth-order valence-corrected chi connectivity index (χ4v) is 5.98. The summed E-state index contributed by atoms with van der Waals surface area (Å²) in [5.41, 5.74) is -0.929. The summed E-state index contributed by atoms with van der Waals surface area (Å²) >= 11 is 6.02. The first-order valence-electron chi connectivity index (χ1n) is 10.3. The van der Waals surface area contributed by atoms with Gasteiger partial charge in [0.05, 0.1) is 34.9 Å². The molecule has 6 atom stereocenters. The van der Waals surface area contributed by atoms with Crippen LogP contribution < -0.4 is 5.01 Å². The van der Waals surface area contributed by atoms with E-state index in [1.165, 1.54) is 7.05 Å². The monoisotopic (exact) mass is 486 g/mol. The number of pyridine rings is 1. The number of aromatic nitrogens is 1. The molecule has 9 nitrogen and oxygen atoms in total. The summed E-state index contributed by atoms with van der Waals surface area (Å²) in [4.78, 5) is 48.1. The third kappa shape index (κ3) is 3.02. The van der Waals surface area contributed by atoms with Gasteiger partial charge in [-0.1, -0.05) is 16.8 Å². The van der Waals surface area contributed by atoms with Crippen LogP contribution in [-0.2, 0) is 30.1 Å². The molecule has 2 aliphatic heterocycles. The van der Waals surface area contributed by atoms with E-state index in [0.29, 0.717) is 18.7 Å².